The maximum absolute atomic E-state index is 12.6. The number of hydrogen-bond donors (Lipinski definition) is 3. The number of unbranched alkanes of at least 4 members (excludes halogenated alkanes) is 57. The lowest BCUT2D eigenvalue weighted by molar-refractivity contribution is -0.143. The third-order valence-electron chi connectivity index (χ3n) is 18.9. The van der Waals surface area contributed by atoms with Crippen molar-refractivity contribution < 1.29 is 24.5 Å². The van der Waals surface area contributed by atoms with Crippen molar-refractivity contribution in [3.63, 3.8) is 0 Å². The number of allylic oxidation sites excluding steroid dienone is 8. The van der Waals surface area contributed by atoms with Gasteiger partial charge in [-0.05, 0) is 89.9 Å². The normalized spacial score (nSPS) is 12.7. The summed E-state index contributed by atoms with van der Waals surface area (Å²) in [5.74, 6) is -0.0242. The number of ether oxygens (including phenoxy) is 1. The Hall–Kier alpha value is -2.18. The van der Waals surface area contributed by atoms with E-state index in [2.05, 4.69) is 67.8 Å². The zero-order valence-corrected chi connectivity index (χ0v) is 60.2. The highest BCUT2D eigenvalue weighted by Crippen LogP contribution is 2.20. The molecule has 1 amide bonds. The van der Waals surface area contributed by atoms with Crippen molar-refractivity contribution in [1.82, 2.24) is 5.32 Å². The molecule has 0 radical (unpaired) electrons. The molecule has 2 unspecified atom stereocenters. The fraction of sp³-hybridized carbons (Fsp3) is 0.880. The summed E-state index contributed by atoms with van der Waals surface area (Å²) in [6, 6.07) is -0.541. The minimum Gasteiger partial charge on any atom is -0.466 e. The highest BCUT2D eigenvalue weighted by molar-refractivity contribution is 5.76. The number of carbonyl (C=O) groups excluding carboxylic acids is 2. The van der Waals surface area contributed by atoms with Crippen molar-refractivity contribution >= 4 is 11.9 Å². The minimum absolute atomic E-state index is 0.00376. The summed E-state index contributed by atoms with van der Waals surface area (Å²) in [4.78, 5) is 24.7. The second kappa shape index (κ2) is 78.3. The molecule has 0 spiro atoms. The van der Waals surface area contributed by atoms with Crippen LogP contribution in [0.1, 0.15) is 444 Å². The third-order valence-corrected chi connectivity index (χ3v) is 18.9. The van der Waals surface area contributed by atoms with Gasteiger partial charge >= 0.3 is 5.97 Å². The molecule has 0 aromatic heterocycles. The van der Waals surface area contributed by atoms with Gasteiger partial charge in [0.15, 0.2) is 0 Å². The number of hydrogen-bond acceptors (Lipinski definition) is 5. The van der Waals surface area contributed by atoms with E-state index in [9.17, 15) is 19.8 Å². The molecule has 6 heteroatoms. The molecular formula is C83H157NO5. The van der Waals surface area contributed by atoms with E-state index in [1.807, 2.05) is 0 Å². The van der Waals surface area contributed by atoms with Gasteiger partial charge in [-0.3, -0.25) is 9.59 Å². The van der Waals surface area contributed by atoms with E-state index in [0.29, 0.717) is 25.9 Å². The van der Waals surface area contributed by atoms with Gasteiger partial charge in [0.05, 0.1) is 25.4 Å². The van der Waals surface area contributed by atoms with Crippen LogP contribution in [-0.2, 0) is 14.3 Å². The molecule has 0 aromatic carbocycles. The van der Waals surface area contributed by atoms with E-state index in [4.69, 9.17) is 4.74 Å². The lowest BCUT2D eigenvalue weighted by atomic mass is 10.0. The molecule has 0 aliphatic carbocycles. The smallest absolute Gasteiger partial charge is 0.305 e. The summed E-state index contributed by atoms with van der Waals surface area (Å²) >= 11 is 0. The fourth-order valence-electron chi connectivity index (χ4n) is 12.7. The Morgan fingerprint density at radius 1 is 0.315 bits per heavy atom. The predicted octanol–water partition coefficient (Wildman–Crippen LogP) is 26.8. The van der Waals surface area contributed by atoms with Gasteiger partial charge in [-0.1, -0.05) is 390 Å². The molecule has 524 valence electrons. The van der Waals surface area contributed by atoms with Crippen LogP contribution >= 0.6 is 0 Å². The second-order valence-electron chi connectivity index (χ2n) is 27.7. The van der Waals surface area contributed by atoms with Crippen LogP contribution in [-0.4, -0.2) is 47.4 Å². The summed E-state index contributed by atoms with van der Waals surface area (Å²) in [7, 11) is 0. The Labute approximate surface area is 556 Å². The van der Waals surface area contributed by atoms with Gasteiger partial charge in [0.1, 0.15) is 0 Å². The van der Waals surface area contributed by atoms with Crippen LogP contribution in [0.15, 0.2) is 48.6 Å². The Balaban J connectivity index is 3.38. The number of aliphatic hydroxyl groups excluding tert-OH is 2. The first-order chi connectivity index (χ1) is 44.0. The molecule has 0 fully saturated rings. The summed E-state index contributed by atoms with van der Waals surface area (Å²) in [5.41, 5.74) is 0. The minimum atomic E-state index is -0.664. The molecule has 6 nitrogen and oxygen atoms in total. The van der Waals surface area contributed by atoms with Crippen molar-refractivity contribution in [2.75, 3.05) is 13.2 Å². The van der Waals surface area contributed by atoms with E-state index in [1.54, 1.807) is 0 Å². The highest BCUT2D eigenvalue weighted by Gasteiger charge is 2.20. The standard InChI is InChI=1S/C83H157NO5/c1-3-5-7-9-11-13-15-17-19-21-22-38-41-44-47-51-55-59-63-67-71-75-81(86)80(79-85)84-82(87)76-72-68-64-60-56-52-48-45-42-39-36-34-32-30-28-26-24-23-25-27-29-31-33-35-37-40-43-46-50-54-58-62-66-70-74-78-89-83(88)77-73-69-65-61-57-53-49-20-18-16-14-12-10-8-6-4-2/h14,16,20,25,27,31,33,49,80-81,85-86H,3-13,15,17-19,21-24,26,28-30,32,34-48,50-79H2,1-2H3,(H,84,87)/b16-14-,27-25-,33-31-,49-20-. The first kappa shape index (κ1) is 86.8. The van der Waals surface area contributed by atoms with Crippen molar-refractivity contribution in [2.45, 2.75) is 456 Å². The van der Waals surface area contributed by atoms with Gasteiger partial charge in [0, 0.05) is 12.8 Å². The zero-order valence-electron chi connectivity index (χ0n) is 60.2. The van der Waals surface area contributed by atoms with Gasteiger partial charge < -0.3 is 20.3 Å². The van der Waals surface area contributed by atoms with Crippen molar-refractivity contribution in [1.29, 1.82) is 0 Å². The number of carbonyl (C=O) groups is 2. The average molecular weight is 1250 g/mol. The molecule has 0 rings (SSSR count). The molecule has 0 aliphatic rings. The maximum Gasteiger partial charge on any atom is 0.305 e. The molecule has 0 saturated heterocycles. The van der Waals surface area contributed by atoms with Crippen LogP contribution in [0, 0.1) is 0 Å². The van der Waals surface area contributed by atoms with Gasteiger partial charge in [-0.15, -0.1) is 0 Å². The summed E-state index contributed by atoms with van der Waals surface area (Å²) in [6.07, 6.45) is 103. The topological polar surface area (TPSA) is 95.9 Å². The summed E-state index contributed by atoms with van der Waals surface area (Å²) < 4.78 is 5.49. The Kier molecular flexibility index (Phi) is 76.3. The van der Waals surface area contributed by atoms with Crippen LogP contribution in [0.3, 0.4) is 0 Å². The Bertz CT molecular complexity index is 1490. The zero-order chi connectivity index (χ0) is 64.2. The van der Waals surface area contributed by atoms with Crippen LogP contribution in [0.25, 0.3) is 0 Å². The first-order valence-corrected chi connectivity index (χ1v) is 40.4. The van der Waals surface area contributed by atoms with E-state index in [-0.39, 0.29) is 18.5 Å². The van der Waals surface area contributed by atoms with E-state index in [0.717, 1.165) is 57.8 Å². The van der Waals surface area contributed by atoms with Crippen molar-refractivity contribution in [3.8, 4) is 0 Å². The number of rotatable bonds is 76. The Morgan fingerprint density at radius 3 is 0.865 bits per heavy atom. The monoisotopic (exact) mass is 1250 g/mol. The van der Waals surface area contributed by atoms with Gasteiger partial charge in [0.25, 0.3) is 0 Å². The second-order valence-corrected chi connectivity index (χ2v) is 27.7. The largest absolute Gasteiger partial charge is 0.466 e. The molecule has 0 heterocycles. The fourth-order valence-corrected chi connectivity index (χ4v) is 12.7. The summed E-state index contributed by atoms with van der Waals surface area (Å²) in [6.45, 7) is 4.97. The molecule has 0 aromatic rings. The SMILES string of the molecule is CCCCCC/C=C\C/C=C\CCCCCCCC(=O)OCCCCCCCCCCCCC/C=C\C/C=C\CCCCCCCCCCCCCCCCCCCC(=O)NC(CO)C(O)CCCCCCCCCCCCCCCCCCCCCCC. The molecule has 3 N–H and O–H groups in total. The van der Waals surface area contributed by atoms with Gasteiger partial charge in [0.2, 0.25) is 5.91 Å². The predicted molar refractivity (Wildman–Crippen MR) is 393 cm³/mol. The molecular weight excluding hydrogens is 1090 g/mol. The van der Waals surface area contributed by atoms with Crippen molar-refractivity contribution in [3.05, 3.63) is 48.6 Å². The third kappa shape index (κ3) is 74.7. The molecule has 2 atom stereocenters. The van der Waals surface area contributed by atoms with E-state index >= 15 is 0 Å². The first-order valence-electron chi connectivity index (χ1n) is 40.4. The van der Waals surface area contributed by atoms with E-state index in [1.165, 1.54) is 353 Å². The van der Waals surface area contributed by atoms with Crippen LogP contribution < -0.4 is 5.32 Å². The molecule has 0 saturated carbocycles. The molecule has 89 heavy (non-hydrogen) atoms. The lowest BCUT2D eigenvalue weighted by Crippen LogP contribution is -2.45. The molecule has 0 bridgehead atoms. The number of amides is 1. The summed E-state index contributed by atoms with van der Waals surface area (Å²) in [5, 5.41) is 23.5. The van der Waals surface area contributed by atoms with Crippen molar-refractivity contribution in [2.24, 2.45) is 0 Å². The van der Waals surface area contributed by atoms with E-state index < -0.39 is 12.1 Å². The number of esters is 1. The van der Waals surface area contributed by atoms with Crippen LogP contribution in [0.5, 0.6) is 0 Å². The number of nitrogens with one attached hydrogen (secondary N) is 1. The van der Waals surface area contributed by atoms with Gasteiger partial charge in [-0.25, -0.2) is 0 Å². The number of aliphatic hydroxyl groups is 2. The van der Waals surface area contributed by atoms with Crippen LogP contribution in [0.2, 0.25) is 0 Å². The maximum atomic E-state index is 12.6. The highest BCUT2D eigenvalue weighted by atomic mass is 16.5. The Morgan fingerprint density at radius 2 is 0.562 bits per heavy atom. The molecule has 0 aliphatic heterocycles. The van der Waals surface area contributed by atoms with Gasteiger partial charge in [-0.2, -0.15) is 0 Å². The van der Waals surface area contributed by atoms with Crippen LogP contribution in [0.4, 0.5) is 0 Å². The lowest BCUT2D eigenvalue weighted by Gasteiger charge is -2.22. The average Bonchev–Trinajstić information content (AvgIpc) is 3.55. The quantitative estimate of drug-likeness (QED) is 0.0320.